The third kappa shape index (κ3) is 5.76. The molecule has 31 heavy (non-hydrogen) atoms. The van der Waals surface area contributed by atoms with Crippen LogP contribution in [0.25, 0.3) is 11.1 Å². The number of aryl methyl sites for hydroxylation is 1. The van der Waals surface area contributed by atoms with Crippen molar-refractivity contribution in [2.45, 2.75) is 44.3 Å². The number of carbonyl (C=O) groups is 1. The van der Waals surface area contributed by atoms with E-state index in [-0.39, 0.29) is 51.4 Å². The van der Waals surface area contributed by atoms with Crippen LogP contribution < -0.4 is 10.0 Å². The first-order valence-electron chi connectivity index (χ1n) is 10.6. The molecule has 2 N–H and O–H groups in total. The quantitative estimate of drug-likeness (QED) is 0.660. The Balaban J connectivity index is 0.00000272. The number of carbonyl (C=O) groups excluding carboxylic acids is 1. The smallest absolute Gasteiger partial charge is 0.306 e. The number of anilines is 1. The number of nitrogens with zero attached hydrogens (tertiary/aromatic N) is 2. The minimum absolute atomic E-state index is 0. The summed E-state index contributed by atoms with van der Waals surface area (Å²) >= 11 is 0. The van der Waals surface area contributed by atoms with Gasteiger partial charge in [0.1, 0.15) is 0 Å². The van der Waals surface area contributed by atoms with Crippen LogP contribution in [0.5, 0.6) is 0 Å². The average molecular weight is 468 g/mol. The molecule has 1 radical (unpaired) electrons. The van der Waals surface area contributed by atoms with Gasteiger partial charge in [-0.1, -0.05) is 19.1 Å². The van der Waals surface area contributed by atoms with Gasteiger partial charge in [-0.3, -0.25) is 4.98 Å². The summed E-state index contributed by atoms with van der Waals surface area (Å²) in [5.74, 6) is 0. The van der Waals surface area contributed by atoms with Crippen molar-refractivity contribution in [3.8, 4) is 11.1 Å². The Kier molecular flexibility index (Phi) is 8.70. The number of likely N-dealkylation sites (tertiary alicyclic amines) is 1. The molecule has 2 aliphatic rings. The normalized spacial score (nSPS) is 16.9. The van der Waals surface area contributed by atoms with Crippen LogP contribution in [-0.4, -0.2) is 101 Å². The zero-order chi connectivity index (χ0) is 21.1. The number of pyridine rings is 1. The number of urea groups is 1. The van der Waals surface area contributed by atoms with E-state index in [1.54, 1.807) is 12.4 Å². The van der Waals surface area contributed by atoms with Gasteiger partial charge in [-0.15, -0.1) is 0 Å². The van der Waals surface area contributed by atoms with Crippen molar-refractivity contribution in [1.29, 1.82) is 0 Å². The summed E-state index contributed by atoms with van der Waals surface area (Å²) in [6.45, 7) is 4.46. The van der Waals surface area contributed by atoms with Crippen molar-refractivity contribution in [2.24, 2.45) is 0 Å². The molecule has 1 fully saturated rings. The van der Waals surface area contributed by atoms with Crippen LogP contribution >= 0.6 is 0 Å². The largest absolute Gasteiger partial charge is 0.332 e. The maximum absolute atomic E-state index is 12.8. The summed E-state index contributed by atoms with van der Waals surface area (Å²) in [5.41, 5.74) is 4.81. The fourth-order valence-corrected chi connectivity index (χ4v) is 5.78. The molecule has 0 atom stereocenters. The second-order valence-electron chi connectivity index (χ2n) is 7.95. The maximum Gasteiger partial charge on any atom is 0.332 e. The molecule has 2 aromatic rings. The zero-order valence-electron chi connectivity index (χ0n) is 18.2. The van der Waals surface area contributed by atoms with E-state index in [2.05, 4.69) is 32.9 Å². The summed E-state index contributed by atoms with van der Waals surface area (Å²) < 4.78 is 27.8. The van der Waals surface area contributed by atoms with E-state index >= 15 is 0 Å². The molecule has 1 aromatic heterocycles. The number of nitrogens with one attached hydrogen (secondary N) is 2. The van der Waals surface area contributed by atoms with Crippen molar-refractivity contribution in [3.05, 3.63) is 47.8 Å². The SMILES string of the molecule is CCN1CCC(S(=O)(=O)NC(=O)Nc2c(-c3ccncc3)ccc3c2CCC3)CC1.[K]. The number of sulfonamides is 1. The van der Waals surface area contributed by atoms with Crippen molar-refractivity contribution in [2.75, 3.05) is 25.0 Å². The number of benzene rings is 1. The Morgan fingerprint density at radius 2 is 1.84 bits per heavy atom. The summed E-state index contributed by atoms with van der Waals surface area (Å²) in [6.07, 6.45) is 7.36. The van der Waals surface area contributed by atoms with E-state index in [9.17, 15) is 13.2 Å². The predicted octanol–water partition coefficient (Wildman–Crippen LogP) is 2.79. The van der Waals surface area contributed by atoms with Crippen LogP contribution in [0.15, 0.2) is 36.7 Å². The van der Waals surface area contributed by atoms with E-state index in [0.717, 1.165) is 55.6 Å². The summed E-state index contributed by atoms with van der Waals surface area (Å²) in [7, 11) is -3.72. The van der Waals surface area contributed by atoms with Gasteiger partial charge >= 0.3 is 6.03 Å². The summed E-state index contributed by atoms with van der Waals surface area (Å²) in [5, 5.41) is 2.33. The van der Waals surface area contributed by atoms with Gasteiger partial charge in [0.25, 0.3) is 0 Å². The van der Waals surface area contributed by atoms with Gasteiger partial charge in [0, 0.05) is 69.3 Å². The molecule has 0 saturated carbocycles. The molecular weight excluding hydrogens is 439 g/mol. The van der Waals surface area contributed by atoms with Gasteiger partial charge in [0.15, 0.2) is 0 Å². The van der Waals surface area contributed by atoms with Crippen molar-refractivity contribution >= 4 is 73.1 Å². The Morgan fingerprint density at radius 1 is 1.13 bits per heavy atom. The van der Waals surface area contributed by atoms with Gasteiger partial charge in [0.05, 0.1) is 10.9 Å². The standard InChI is InChI=1S/C22H28N4O3S.K/c1-2-26-14-10-18(11-15-26)30(28,29)25-22(27)24-21-19-5-3-4-16(19)6-7-20(21)17-8-12-23-13-9-17;/h6-9,12-13,18H,2-5,10-11,14-15H2,1H3,(H2,24,25,27);. The number of rotatable bonds is 5. The van der Waals surface area contributed by atoms with Crippen LogP contribution in [0.4, 0.5) is 10.5 Å². The first kappa shape index (κ1) is 24.8. The van der Waals surface area contributed by atoms with Crippen LogP contribution in [-0.2, 0) is 22.9 Å². The molecule has 1 aliphatic heterocycles. The number of piperidine rings is 1. The number of hydrogen-bond donors (Lipinski definition) is 2. The Hall–Kier alpha value is -0.814. The van der Waals surface area contributed by atoms with Crippen LogP contribution in [0.3, 0.4) is 0 Å². The first-order valence-corrected chi connectivity index (χ1v) is 12.1. The molecule has 1 aliphatic carbocycles. The van der Waals surface area contributed by atoms with Crippen LogP contribution in [0.2, 0.25) is 0 Å². The predicted molar refractivity (Wildman–Crippen MR) is 124 cm³/mol. The minimum Gasteiger partial charge on any atom is -0.306 e. The number of amides is 2. The molecule has 2 heterocycles. The fourth-order valence-electron chi connectivity index (χ4n) is 4.47. The molecule has 9 heteroatoms. The third-order valence-electron chi connectivity index (χ3n) is 6.17. The van der Waals surface area contributed by atoms with Gasteiger partial charge < -0.3 is 10.2 Å². The van der Waals surface area contributed by atoms with E-state index < -0.39 is 21.3 Å². The number of fused-ring (bicyclic) bond motifs is 1. The van der Waals surface area contributed by atoms with Gasteiger partial charge in [-0.05, 0) is 80.6 Å². The van der Waals surface area contributed by atoms with E-state index in [1.807, 2.05) is 18.2 Å². The number of hydrogen-bond acceptors (Lipinski definition) is 5. The first-order chi connectivity index (χ1) is 14.5. The molecule has 0 bridgehead atoms. The van der Waals surface area contributed by atoms with E-state index in [4.69, 9.17) is 0 Å². The van der Waals surface area contributed by atoms with E-state index in [0.29, 0.717) is 18.5 Å². The zero-order valence-corrected chi connectivity index (χ0v) is 22.2. The molecule has 161 valence electrons. The van der Waals surface area contributed by atoms with E-state index in [1.165, 1.54) is 5.56 Å². The van der Waals surface area contributed by atoms with Crippen molar-refractivity contribution in [3.63, 3.8) is 0 Å². The average Bonchev–Trinajstić information content (AvgIpc) is 3.23. The molecule has 7 nitrogen and oxygen atoms in total. The van der Waals surface area contributed by atoms with Gasteiger partial charge in [-0.25, -0.2) is 17.9 Å². The van der Waals surface area contributed by atoms with Crippen molar-refractivity contribution < 1.29 is 13.2 Å². The Labute approximate surface area is 226 Å². The molecule has 1 aromatic carbocycles. The number of aromatic nitrogens is 1. The Bertz CT molecular complexity index is 1020. The molecule has 0 spiro atoms. The molecule has 0 unspecified atom stereocenters. The minimum atomic E-state index is -3.72. The third-order valence-corrected chi connectivity index (χ3v) is 7.99. The monoisotopic (exact) mass is 467 g/mol. The molecule has 2 amide bonds. The molecule has 4 rings (SSSR count). The molecule has 1 saturated heterocycles. The van der Waals surface area contributed by atoms with Crippen LogP contribution in [0.1, 0.15) is 37.3 Å². The second kappa shape index (κ2) is 10.9. The topological polar surface area (TPSA) is 91.4 Å². The summed E-state index contributed by atoms with van der Waals surface area (Å²) in [6, 6.07) is 7.17. The maximum atomic E-state index is 12.8. The second-order valence-corrected chi connectivity index (χ2v) is 9.91. The van der Waals surface area contributed by atoms with Gasteiger partial charge in [-0.2, -0.15) is 0 Å². The summed E-state index contributed by atoms with van der Waals surface area (Å²) in [4.78, 5) is 19.0. The Morgan fingerprint density at radius 3 is 2.52 bits per heavy atom. The fraction of sp³-hybridized carbons (Fsp3) is 0.455. The van der Waals surface area contributed by atoms with Crippen molar-refractivity contribution in [1.82, 2.24) is 14.6 Å². The molecular formula is C22H28KN4O3S. The van der Waals surface area contributed by atoms with Crippen LogP contribution in [0, 0.1) is 0 Å². The van der Waals surface area contributed by atoms with Gasteiger partial charge in [0.2, 0.25) is 10.0 Å².